The van der Waals surface area contributed by atoms with E-state index in [-0.39, 0.29) is 36.7 Å². The second-order valence-corrected chi connectivity index (χ2v) is 9.17. The van der Waals surface area contributed by atoms with Crippen LogP contribution in [0, 0.1) is 0 Å². The Kier molecular flexibility index (Phi) is 8.76. The summed E-state index contributed by atoms with van der Waals surface area (Å²) in [5, 5.41) is 12.7. The fourth-order valence-corrected chi connectivity index (χ4v) is 4.90. The fourth-order valence-electron chi connectivity index (χ4n) is 4.90. The molecule has 38 heavy (non-hydrogen) atoms. The number of anilines is 1. The molecule has 0 saturated carbocycles. The number of benzene rings is 3. The minimum atomic E-state index is -0.689. The predicted molar refractivity (Wildman–Crippen MR) is 143 cm³/mol. The van der Waals surface area contributed by atoms with Crippen molar-refractivity contribution in [2.75, 3.05) is 25.1 Å². The maximum absolute atomic E-state index is 13.6. The minimum absolute atomic E-state index is 0.145. The first-order chi connectivity index (χ1) is 18.4. The Morgan fingerprint density at radius 3 is 2.39 bits per heavy atom. The third-order valence-corrected chi connectivity index (χ3v) is 6.62. The van der Waals surface area contributed by atoms with Gasteiger partial charge in [0, 0.05) is 25.1 Å². The molecule has 3 aromatic rings. The molecule has 2 unspecified atom stereocenters. The second-order valence-electron chi connectivity index (χ2n) is 9.17. The van der Waals surface area contributed by atoms with Crippen LogP contribution in [-0.4, -0.2) is 53.6 Å². The van der Waals surface area contributed by atoms with Crippen molar-refractivity contribution in [3.05, 3.63) is 95.6 Å². The van der Waals surface area contributed by atoms with E-state index in [1.54, 1.807) is 42.2 Å². The van der Waals surface area contributed by atoms with Crippen LogP contribution in [0.4, 0.5) is 5.69 Å². The molecule has 1 saturated heterocycles. The standard InChI is InChI=1S/C30H32N2O6/c1-3-37-27(35)19-38-29(22-8-5-4-6-9-22)23-10-7-11-24(18-23)31-30(36)28-26(16-17-32(28)20(2)33)21-12-14-25(34)15-13-21/h4-15,18,26,28-29,34H,3,16-17,19H2,1-2H3,(H,31,36)/t26?,28-,29?/m0/s1. The SMILES string of the molecule is CCOC(=O)COC(c1ccccc1)c1cccc(NC(=O)[C@@H]2C(c3ccc(O)cc3)CCN2C(C)=O)c1. The van der Waals surface area contributed by atoms with Crippen molar-refractivity contribution in [3.63, 3.8) is 0 Å². The summed E-state index contributed by atoms with van der Waals surface area (Å²) in [6.45, 7) is 3.72. The van der Waals surface area contributed by atoms with Crippen LogP contribution in [0.1, 0.15) is 49.0 Å². The Labute approximate surface area is 222 Å². The average Bonchev–Trinajstić information content (AvgIpc) is 3.36. The molecular formula is C30H32N2O6. The molecule has 1 fully saturated rings. The van der Waals surface area contributed by atoms with E-state index in [1.807, 2.05) is 48.5 Å². The molecule has 198 valence electrons. The highest BCUT2D eigenvalue weighted by Gasteiger charge is 2.41. The molecule has 0 bridgehead atoms. The molecule has 1 aliphatic heterocycles. The highest BCUT2D eigenvalue weighted by atomic mass is 16.6. The lowest BCUT2D eigenvalue weighted by Gasteiger charge is -2.27. The number of rotatable bonds is 9. The molecule has 2 amide bonds. The van der Waals surface area contributed by atoms with E-state index in [1.165, 1.54) is 6.92 Å². The zero-order valence-corrected chi connectivity index (χ0v) is 21.5. The molecule has 1 aliphatic rings. The molecule has 0 radical (unpaired) electrons. The number of aromatic hydroxyl groups is 1. The maximum Gasteiger partial charge on any atom is 0.332 e. The molecular weight excluding hydrogens is 484 g/mol. The number of hydrogen-bond acceptors (Lipinski definition) is 6. The van der Waals surface area contributed by atoms with Crippen LogP contribution >= 0.6 is 0 Å². The van der Waals surface area contributed by atoms with E-state index in [0.717, 1.165) is 16.7 Å². The molecule has 3 aromatic carbocycles. The highest BCUT2D eigenvalue weighted by molar-refractivity contribution is 5.98. The van der Waals surface area contributed by atoms with Gasteiger partial charge in [0.15, 0.2) is 0 Å². The largest absolute Gasteiger partial charge is 0.508 e. The van der Waals surface area contributed by atoms with E-state index >= 15 is 0 Å². The van der Waals surface area contributed by atoms with Crippen molar-refractivity contribution >= 4 is 23.5 Å². The van der Waals surface area contributed by atoms with Gasteiger partial charge in [-0.1, -0.05) is 54.6 Å². The Hall–Kier alpha value is -4.17. The van der Waals surface area contributed by atoms with Crippen LogP contribution in [0.25, 0.3) is 0 Å². The number of carbonyl (C=O) groups is 3. The summed E-state index contributed by atoms with van der Waals surface area (Å²) >= 11 is 0. The predicted octanol–water partition coefficient (Wildman–Crippen LogP) is 4.40. The van der Waals surface area contributed by atoms with Crippen LogP contribution in [0.2, 0.25) is 0 Å². The Bertz CT molecular complexity index is 1260. The smallest absolute Gasteiger partial charge is 0.332 e. The lowest BCUT2D eigenvalue weighted by molar-refractivity contribution is -0.149. The maximum atomic E-state index is 13.6. The quantitative estimate of drug-likeness (QED) is 0.409. The number of nitrogens with one attached hydrogen (secondary N) is 1. The van der Waals surface area contributed by atoms with Gasteiger partial charge in [-0.2, -0.15) is 0 Å². The normalized spacial score (nSPS) is 17.6. The molecule has 0 spiro atoms. The van der Waals surface area contributed by atoms with Gasteiger partial charge in [0.1, 0.15) is 24.5 Å². The van der Waals surface area contributed by atoms with Crippen molar-refractivity contribution in [3.8, 4) is 5.75 Å². The van der Waals surface area contributed by atoms with Crippen LogP contribution in [0.3, 0.4) is 0 Å². The minimum Gasteiger partial charge on any atom is -0.508 e. The molecule has 2 N–H and O–H groups in total. The third-order valence-electron chi connectivity index (χ3n) is 6.62. The van der Waals surface area contributed by atoms with Gasteiger partial charge in [-0.3, -0.25) is 9.59 Å². The van der Waals surface area contributed by atoms with Crippen molar-refractivity contribution in [1.29, 1.82) is 0 Å². The first-order valence-corrected chi connectivity index (χ1v) is 12.7. The van der Waals surface area contributed by atoms with Gasteiger partial charge in [0.2, 0.25) is 11.8 Å². The van der Waals surface area contributed by atoms with Gasteiger partial charge in [-0.05, 0) is 54.3 Å². The summed E-state index contributed by atoms with van der Waals surface area (Å²) in [6, 6.07) is 22.8. The lowest BCUT2D eigenvalue weighted by atomic mass is 9.91. The average molecular weight is 517 g/mol. The zero-order valence-electron chi connectivity index (χ0n) is 21.5. The number of phenols is 1. The summed E-state index contributed by atoms with van der Waals surface area (Å²) in [5.41, 5.74) is 3.04. The van der Waals surface area contributed by atoms with Crippen LogP contribution in [0.5, 0.6) is 5.75 Å². The van der Waals surface area contributed by atoms with Crippen molar-refractivity contribution in [2.24, 2.45) is 0 Å². The van der Waals surface area contributed by atoms with E-state index in [4.69, 9.17) is 9.47 Å². The van der Waals surface area contributed by atoms with E-state index < -0.39 is 18.1 Å². The molecule has 0 aliphatic carbocycles. The van der Waals surface area contributed by atoms with Gasteiger partial charge in [0.25, 0.3) is 0 Å². The molecule has 0 aromatic heterocycles. The van der Waals surface area contributed by atoms with Crippen molar-refractivity contribution in [2.45, 2.75) is 38.3 Å². The van der Waals surface area contributed by atoms with E-state index in [2.05, 4.69) is 5.32 Å². The third kappa shape index (κ3) is 6.39. The van der Waals surface area contributed by atoms with Crippen LogP contribution < -0.4 is 5.32 Å². The summed E-state index contributed by atoms with van der Waals surface area (Å²) in [6.07, 6.45) is 0.0858. The van der Waals surface area contributed by atoms with Gasteiger partial charge in [-0.15, -0.1) is 0 Å². The number of esters is 1. The first kappa shape index (κ1) is 26.9. The van der Waals surface area contributed by atoms with Crippen molar-refractivity contribution in [1.82, 2.24) is 4.90 Å². The van der Waals surface area contributed by atoms with Crippen LogP contribution in [-0.2, 0) is 23.9 Å². The summed E-state index contributed by atoms with van der Waals surface area (Å²) in [5.74, 6) is -0.976. The Morgan fingerprint density at radius 1 is 1.00 bits per heavy atom. The van der Waals surface area contributed by atoms with Gasteiger partial charge in [-0.25, -0.2) is 4.79 Å². The lowest BCUT2D eigenvalue weighted by Crippen LogP contribution is -2.44. The number of hydrogen-bond donors (Lipinski definition) is 2. The van der Waals surface area contributed by atoms with Crippen molar-refractivity contribution < 1.29 is 29.0 Å². The highest BCUT2D eigenvalue weighted by Crippen LogP contribution is 2.35. The van der Waals surface area contributed by atoms with Gasteiger partial charge < -0.3 is 24.8 Å². The number of amides is 2. The molecule has 8 heteroatoms. The summed E-state index contributed by atoms with van der Waals surface area (Å²) in [7, 11) is 0. The number of likely N-dealkylation sites (tertiary alicyclic amines) is 1. The second kappa shape index (κ2) is 12.4. The van der Waals surface area contributed by atoms with Gasteiger partial charge >= 0.3 is 5.97 Å². The number of nitrogens with zero attached hydrogens (tertiary/aromatic N) is 1. The number of phenolic OH excluding ortho intramolecular Hbond substituents is 1. The van der Waals surface area contributed by atoms with Gasteiger partial charge in [0.05, 0.1) is 6.61 Å². The molecule has 4 rings (SSSR count). The monoisotopic (exact) mass is 516 g/mol. The van der Waals surface area contributed by atoms with E-state index in [9.17, 15) is 19.5 Å². The topological polar surface area (TPSA) is 105 Å². The summed E-state index contributed by atoms with van der Waals surface area (Å²) < 4.78 is 11.0. The van der Waals surface area contributed by atoms with E-state index in [0.29, 0.717) is 18.7 Å². The first-order valence-electron chi connectivity index (χ1n) is 12.7. The van der Waals surface area contributed by atoms with Crippen LogP contribution in [0.15, 0.2) is 78.9 Å². The number of ether oxygens (including phenoxy) is 2. The Morgan fingerprint density at radius 2 is 1.71 bits per heavy atom. The summed E-state index contributed by atoms with van der Waals surface area (Å²) in [4.78, 5) is 39.5. The zero-order chi connectivity index (χ0) is 27.1. The molecule has 1 heterocycles. The fraction of sp³-hybridized carbons (Fsp3) is 0.300. The molecule has 8 nitrogen and oxygen atoms in total. The Balaban J connectivity index is 1.57. The molecule has 3 atom stereocenters. The number of carbonyl (C=O) groups excluding carboxylic acids is 3.